The molecule has 22 heavy (non-hydrogen) atoms. The van der Waals surface area contributed by atoms with E-state index in [4.69, 9.17) is 0 Å². The largest absolute Gasteiger partial charge is 0.343 e. The van der Waals surface area contributed by atoms with E-state index in [0.717, 1.165) is 54.3 Å². The van der Waals surface area contributed by atoms with Gasteiger partial charge >= 0.3 is 0 Å². The predicted molar refractivity (Wildman–Crippen MR) is 86.6 cm³/mol. The second-order valence-electron chi connectivity index (χ2n) is 5.77. The molecule has 3 rings (SSSR count). The molecule has 1 fully saturated rings. The first-order chi connectivity index (χ1) is 10.6. The number of rotatable bonds is 3. The zero-order chi connectivity index (χ0) is 15.5. The molecule has 1 aliphatic rings. The summed E-state index contributed by atoms with van der Waals surface area (Å²) in [6, 6.07) is 0. The molecule has 3 heterocycles. The fraction of sp³-hybridized carbons (Fsp3) is 0.500. The average molecular weight is 316 g/mol. The zero-order valence-electron chi connectivity index (χ0n) is 13.0. The van der Waals surface area contributed by atoms with Crippen molar-refractivity contribution in [3.8, 4) is 10.6 Å². The van der Waals surface area contributed by atoms with Crippen LogP contribution in [-0.4, -0.2) is 38.8 Å². The van der Waals surface area contributed by atoms with Crippen LogP contribution in [0, 0.1) is 12.8 Å². The molecule has 1 aliphatic heterocycles. The number of piperidine rings is 1. The third-order valence-corrected chi connectivity index (χ3v) is 5.21. The number of thiazole rings is 1. The van der Waals surface area contributed by atoms with E-state index in [9.17, 15) is 4.79 Å². The Labute approximate surface area is 134 Å². The summed E-state index contributed by atoms with van der Waals surface area (Å²) in [7, 11) is 0. The summed E-state index contributed by atoms with van der Waals surface area (Å²) in [5.41, 5.74) is 4.89. The minimum atomic E-state index is 0.180. The standard InChI is InChI=1S/C16H20N4OS/c1-11-16(22-10-19-11)15-14(17-5-6-18-15)9-13-3-7-20(8-4-13)12(2)21/h5-6,10,13H,3-4,7-9H2,1-2H3. The van der Waals surface area contributed by atoms with Crippen LogP contribution in [0.4, 0.5) is 0 Å². The molecule has 6 heteroatoms. The Hall–Kier alpha value is -1.82. The van der Waals surface area contributed by atoms with E-state index in [0.29, 0.717) is 5.92 Å². The second kappa shape index (κ2) is 6.52. The van der Waals surface area contributed by atoms with Gasteiger partial charge in [-0.1, -0.05) is 0 Å². The molecule has 0 aromatic carbocycles. The first-order valence-electron chi connectivity index (χ1n) is 7.61. The molecular formula is C16H20N4OS. The summed E-state index contributed by atoms with van der Waals surface area (Å²) >= 11 is 1.62. The van der Waals surface area contributed by atoms with Crippen molar-refractivity contribution in [1.82, 2.24) is 19.9 Å². The summed E-state index contributed by atoms with van der Waals surface area (Å²) in [6.45, 7) is 5.37. The van der Waals surface area contributed by atoms with Gasteiger partial charge in [0.15, 0.2) is 0 Å². The van der Waals surface area contributed by atoms with Crippen molar-refractivity contribution in [2.75, 3.05) is 13.1 Å². The lowest BCUT2D eigenvalue weighted by Crippen LogP contribution is -2.37. The van der Waals surface area contributed by atoms with Gasteiger partial charge in [-0.15, -0.1) is 11.3 Å². The summed E-state index contributed by atoms with van der Waals surface area (Å²) < 4.78 is 0. The molecule has 0 N–H and O–H groups in total. The van der Waals surface area contributed by atoms with Gasteiger partial charge in [-0.05, 0) is 32.1 Å². The molecule has 0 atom stereocenters. The highest BCUT2D eigenvalue weighted by Gasteiger charge is 2.23. The van der Waals surface area contributed by atoms with Crippen LogP contribution in [0.15, 0.2) is 17.9 Å². The smallest absolute Gasteiger partial charge is 0.219 e. The monoisotopic (exact) mass is 316 g/mol. The Balaban J connectivity index is 1.74. The van der Waals surface area contributed by atoms with E-state index in [-0.39, 0.29) is 5.91 Å². The van der Waals surface area contributed by atoms with Crippen molar-refractivity contribution >= 4 is 17.2 Å². The molecule has 1 saturated heterocycles. The van der Waals surface area contributed by atoms with E-state index >= 15 is 0 Å². The first-order valence-corrected chi connectivity index (χ1v) is 8.49. The molecule has 2 aromatic rings. The Morgan fingerprint density at radius 2 is 2.00 bits per heavy atom. The Kier molecular flexibility index (Phi) is 4.47. The predicted octanol–water partition coefficient (Wildman–Crippen LogP) is 2.71. The lowest BCUT2D eigenvalue weighted by Gasteiger charge is -2.31. The van der Waals surface area contributed by atoms with E-state index in [1.807, 2.05) is 17.3 Å². The number of aromatic nitrogens is 3. The van der Waals surface area contributed by atoms with Crippen LogP contribution in [-0.2, 0) is 11.2 Å². The van der Waals surface area contributed by atoms with Crippen LogP contribution >= 0.6 is 11.3 Å². The van der Waals surface area contributed by atoms with Crippen LogP contribution in [0.3, 0.4) is 0 Å². The maximum Gasteiger partial charge on any atom is 0.219 e. The average Bonchev–Trinajstić information content (AvgIpc) is 2.94. The van der Waals surface area contributed by atoms with Crippen molar-refractivity contribution in [1.29, 1.82) is 0 Å². The van der Waals surface area contributed by atoms with Gasteiger partial charge in [-0.2, -0.15) is 0 Å². The van der Waals surface area contributed by atoms with Crippen LogP contribution in [0.25, 0.3) is 10.6 Å². The van der Waals surface area contributed by atoms with Gasteiger partial charge in [0.05, 0.1) is 21.8 Å². The molecule has 0 bridgehead atoms. The highest BCUT2D eigenvalue weighted by Crippen LogP contribution is 2.30. The molecule has 0 aliphatic carbocycles. The van der Waals surface area contributed by atoms with E-state index in [1.165, 1.54) is 0 Å². The molecule has 0 spiro atoms. The number of carbonyl (C=O) groups is 1. The van der Waals surface area contributed by atoms with Gasteiger partial charge in [-0.25, -0.2) is 4.98 Å². The molecule has 5 nitrogen and oxygen atoms in total. The quantitative estimate of drug-likeness (QED) is 0.873. The number of nitrogens with zero attached hydrogens (tertiary/aromatic N) is 4. The van der Waals surface area contributed by atoms with Gasteiger partial charge < -0.3 is 4.90 Å². The minimum Gasteiger partial charge on any atom is -0.343 e. The highest BCUT2D eigenvalue weighted by molar-refractivity contribution is 7.13. The van der Waals surface area contributed by atoms with Gasteiger partial charge in [0.25, 0.3) is 0 Å². The van der Waals surface area contributed by atoms with Crippen molar-refractivity contribution in [2.45, 2.75) is 33.1 Å². The maximum atomic E-state index is 11.4. The summed E-state index contributed by atoms with van der Waals surface area (Å²) in [4.78, 5) is 27.9. The molecule has 0 saturated carbocycles. The number of carbonyl (C=O) groups excluding carboxylic acids is 1. The Morgan fingerprint density at radius 3 is 2.64 bits per heavy atom. The van der Waals surface area contributed by atoms with Gasteiger partial charge in [-0.3, -0.25) is 14.8 Å². The number of hydrogen-bond donors (Lipinski definition) is 0. The zero-order valence-corrected chi connectivity index (χ0v) is 13.8. The van der Waals surface area contributed by atoms with Crippen LogP contribution in [0.2, 0.25) is 0 Å². The second-order valence-corrected chi connectivity index (χ2v) is 6.63. The van der Waals surface area contributed by atoms with Crippen molar-refractivity contribution in [2.24, 2.45) is 5.92 Å². The Bertz CT molecular complexity index is 662. The van der Waals surface area contributed by atoms with Crippen LogP contribution in [0.1, 0.15) is 31.2 Å². The molecule has 0 radical (unpaired) electrons. The molecule has 2 aromatic heterocycles. The number of likely N-dealkylation sites (tertiary alicyclic amines) is 1. The van der Waals surface area contributed by atoms with Gasteiger partial charge in [0.2, 0.25) is 5.91 Å². The first kappa shape index (κ1) is 15.1. The van der Waals surface area contributed by atoms with E-state index in [2.05, 4.69) is 15.0 Å². The van der Waals surface area contributed by atoms with Crippen molar-refractivity contribution < 1.29 is 4.79 Å². The molecule has 116 valence electrons. The topological polar surface area (TPSA) is 59.0 Å². The Morgan fingerprint density at radius 1 is 1.27 bits per heavy atom. The minimum absolute atomic E-state index is 0.180. The van der Waals surface area contributed by atoms with Crippen molar-refractivity contribution in [3.05, 3.63) is 29.3 Å². The number of aryl methyl sites for hydroxylation is 1. The summed E-state index contributed by atoms with van der Waals surface area (Å²) in [5, 5.41) is 0. The molecule has 1 amide bonds. The number of amides is 1. The van der Waals surface area contributed by atoms with Crippen molar-refractivity contribution in [3.63, 3.8) is 0 Å². The summed E-state index contributed by atoms with van der Waals surface area (Å²) in [6.07, 6.45) is 6.51. The highest BCUT2D eigenvalue weighted by atomic mass is 32.1. The van der Waals surface area contributed by atoms with E-state index in [1.54, 1.807) is 30.7 Å². The lowest BCUT2D eigenvalue weighted by atomic mass is 9.91. The maximum absolute atomic E-state index is 11.4. The fourth-order valence-corrected chi connectivity index (χ4v) is 3.78. The van der Waals surface area contributed by atoms with Gasteiger partial charge in [0.1, 0.15) is 5.69 Å². The molecular weight excluding hydrogens is 296 g/mol. The lowest BCUT2D eigenvalue weighted by molar-refractivity contribution is -0.130. The normalized spacial score (nSPS) is 16.0. The number of hydrogen-bond acceptors (Lipinski definition) is 5. The van der Waals surface area contributed by atoms with Crippen LogP contribution < -0.4 is 0 Å². The van der Waals surface area contributed by atoms with E-state index < -0.39 is 0 Å². The SMILES string of the molecule is CC(=O)N1CCC(Cc2nccnc2-c2scnc2C)CC1. The molecule has 0 unspecified atom stereocenters. The summed E-state index contributed by atoms with van der Waals surface area (Å²) in [5.74, 6) is 0.748. The van der Waals surface area contributed by atoms with Gasteiger partial charge in [0, 0.05) is 32.4 Å². The van der Waals surface area contributed by atoms with Crippen LogP contribution in [0.5, 0.6) is 0 Å². The fourth-order valence-electron chi connectivity index (χ4n) is 2.96. The third kappa shape index (κ3) is 3.16. The third-order valence-electron chi connectivity index (χ3n) is 4.28.